The molecule has 102 valence electrons. The lowest BCUT2D eigenvalue weighted by Gasteiger charge is -2.60. The molecule has 3 aliphatic heterocycles. The van der Waals surface area contributed by atoms with Crippen molar-refractivity contribution in [1.29, 1.82) is 0 Å². The summed E-state index contributed by atoms with van der Waals surface area (Å²) in [7, 11) is 0. The van der Waals surface area contributed by atoms with Gasteiger partial charge in [0.15, 0.2) is 0 Å². The smallest absolute Gasteiger partial charge is 0.0351 e. The second kappa shape index (κ2) is 4.19. The summed E-state index contributed by atoms with van der Waals surface area (Å²) in [6, 6.07) is 1.77. The molecule has 0 aromatic heterocycles. The summed E-state index contributed by atoms with van der Waals surface area (Å²) in [4.78, 5) is 5.45. The highest BCUT2D eigenvalue weighted by Crippen LogP contribution is 2.46. The third-order valence-corrected chi connectivity index (χ3v) is 6.10. The summed E-state index contributed by atoms with van der Waals surface area (Å²) in [6.07, 6.45) is 5.98. The molecule has 4 fully saturated rings. The molecule has 0 amide bonds. The summed E-state index contributed by atoms with van der Waals surface area (Å²) in [5, 5.41) is 3.38. The molecule has 4 rings (SSSR count). The Kier molecular flexibility index (Phi) is 2.72. The topological polar surface area (TPSA) is 18.5 Å². The Balaban J connectivity index is 1.23. The molecule has 0 aromatic rings. The Bertz CT molecular complexity index is 304. The largest absolute Gasteiger partial charge is 0.314 e. The predicted molar refractivity (Wildman–Crippen MR) is 73.7 cm³/mol. The normalized spacial score (nSPS) is 35.2. The van der Waals surface area contributed by atoms with E-state index in [1.165, 1.54) is 65.0 Å². The number of nitrogens with one attached hydrogen (secondary N) is 1. The van der Waals surface area contributed by atoms with Crippen LogP contribution in [0.1, 0.15) is 32.6 Å². The van der Waals surface area contributed by atoms with Gasteiger partial charge in [-0.15, -0.1) is 0 Å². The molecule has 3 heterocycles. The molecule has 1 saturated carbocycles. The van der Waals surface area contributed by atoms with Crippen LogP contribution in [0, 0.1) is 11.3 Å². The zero-order valence-corrected chi connectivity index (χ0v) is 11.7. The van der Waals surface area contributed by atoms with Crippen LogP contribution in [0.2, 0.25) is 0 Å². The minimum absolute atomic E-state index is 0.755. The summed E-state index contributed by atoms with van der Waals surface area (Å²) in [5.41, 5.74) is 0.755. The van der Waals surface area contributed by atoms with E-state index in [9.17, 15) is 0 Å². The molecule has 4 aliphatic rings. The van der Waals surface area contributed by atoms with E-state index in [0.29, 0.717) is 0 Å². The standard InChI is InChI=1S/C15H27N3/c1-12-2-4-15(5-3-12)10-18(11-15)14-8-17(9-14)13-6-16-7-13/h12-14,16H,2-11H2,1H3. The predicted octanol–water partition coefficient (Wildman–Crippen LogP) is 1.15. The van der Waals surface area contributed by atoms with Gasteiger partial charge in [-0.25, -0.2) is 0 Å². The van der Waals surface area contributed by atoms with Crippen molar-refractivity contribution < 1.29 is 0 Å². The van der Waals surface area contributed by atoms with Crippen molar-refractivity contribution in [1.82, 2.24) is 15.1 Å². The van der Waals surface area contributed by atoms with E-state index < -0.39 is 0 Å². The zero-order chi connectivity index (χ0) is 12.2. The number of rotatable bonds is 2. The SMILES string of the molecule is CC1CCC2(CC1)CN(C1CN(C3CNC3)C1)C2. The van der Waals surface area contributed by atoms with Crippen LogP contribution in [0.5, 0.6) is 0 Å². The molecule has 1 spiro atoms. The molecular weight excluding hydrogens is 222 g/mol. The van der Waals surface area contributed by atoms with Crippen LogP contribution in [0.4, 0.5) is 0 Å². The van der Waals surface area contributed by atoms with E-state index in [2.05, 4.69) is 22.0 Å². The lowest BCUT2D eigenvalue weighted by atomic mass is 9.65. The maximum Gasteiger partial charge on any atom is 0.0351 e. The number of hydrogen-bond acceptors (Lipinski definition) is 3. The van der Waals surface area contributed by atoms with Gasteiger partial charge >= 0.3 is 0 Å². The Morgan fingerprint density at radius 1 is 0.944 bits per heavy atom. The van der Waals surface area contributed by atoms with Crippen molar-refractivity contribution in [2.75, 3.05) is 39.3 Å². The lowest BCUT2D eigenvalue weighted by Crippen LogP contribution is -2.73. The Morgan fingerprint density at radius 2 is 1.61 bits per heavy atom. The number of likely N-dealkylation sites (tertiary alicyclic amines) is 2. The van der Waals surface area contributed by atoms with Gasteiger partial charge in [0.1, 0.15) is 0 Å². The summed E-state index contributed by atoms with van der Waals surface area (Å²) in [5.74, 6) is 0.995. The first kappa shape index (κ1) is 11.7. The third kappa shape index (κ3) is 1.83. The first-order valence-electron chi connectivity index (χ1n) is 7.93. The van der Waals surface area contributed by atoms with Crippen LogP contribution in [0.3, 0.4) is 0 Å². The quantitative estimate of drug-likeness (QED) is 0.792. The van der Waals surface area contributed by atoms with E-state index in [0.717, 1.165) is 23.4 Å². The Hall–Kier alpha value is -0.120. The molecule has 0 aromatic carbocycles. The van der Waals surface area contributed by atoms with E-state index in [4.69, 9.17) is 0 Å². The highest BCUT2D eigenvalue weighted by atomic mass is 15.4. The fraction of sp³-hybridized carbons (Fsp3) is 1.00. The van der Waals surface area contributed by atoms with E-state index >= 15 is 0 Å². The fourth-order valence-electron chi connectivity index (χ4n) is 4.31. The van der Waals surface area contributed by atoms with Gasteiger partial charge < -0.3 is 5.32 Å². The minimum Gasteiger partial charge on any atom is -0.314 e. The van der Waals surface area contributed by atoms with Crippen molar-refractivity contribution in [3.63, 3.8) is 0 Å². The van der Waals surface area contributed by atoms with Gasteiger partial charge in [0.2, 0.25) is 0 Å². The van der Waals surface area contributed by atoms with Gasteiger partial charge in [-0.05, 0) is 24.2 Å². The van der Waals surface area contributed by atoms with Crippen LogP contribution >= 0.6 is 0 Å². The van der Waals surface area contributed by atoms with Crippen molar-refractivity contribution in [2.24, 2.45) is 11.3 Å². The second-order valence-corrected chi connectivity index (χ2v) is 7.51. The van der Waals surface area contributed by atoms with Crippen molar-refractivity contribution in [3.8, 4) is 0 Å². The van der Waals surface area contributed by atoms with Crippen molar-refractivity contribution >= 4 is 0 Å². The van der Waals surface area contributed by atoms with Crippen LogP contribution < -0.4 is 5.32 Å². The third-order valence-electron chi connectivity index (χ3n) is 6.10. The van der Waals surface area contributed by atoms with Crippen molar-refractivity contribution in [3.05, 3.63) is 0 Å². The van der Waals surface area contributed by atoms with Crippen LogP contribution in [-0.4, -0.2) is 61.2 Å². The van der Waals surface area contributed by atoms with Crippen molar-refractivity contribution in [2.45, 2.75) is 44.7 Å². The van der Waals surface area contributed by atoms with Gasteiger partial charge in [-0.3, -0.25) is 9.80 Å². The summed E-state index contributed by atoms with van der Waals surface area (Å²) in [6.45, 7) is 10.4. The molecule has 0 radical (unpaired) electrons. The molecule has 1 N–H and O–H groups in total. The first-order chi connectivity index (χ1) is 8.74. The molecule has 3 heteroatoms. The Labute approximate surface area is 111 Å². The van der Waals surface area contributed by atoms with E-state index in [1.807, 2.05) is 0 Å². The van der Waals surface area contributed by atoms with E-state index in [1.54, 1.807) is 0 Å². The van der Waals surface area contributed by atoms with Crippen LogP contribution in [-0.2, 0) is 0 Å². The molecule has 3 nitrogen and oxygen atoms in total. The maximum absolute atomic E-state index is 3.38. The van der Waals surface area contributed by atoms with Gasteiger partial charge in [0.05, 0.1) is 0 Å². The monoisotopic (exact) mass is 249 g/mol. The maximum atomic E-state index is 3.38. The fourth-order valence-corrected chi connectivity index (χ4v) is 4.31. The number of nitrogens with zero attached hydrogens (tertiary/aromatic N) is 2. The lowest BCUT2D eigenvalue weighted by molar-refractivity contribution is -0.111. The minimum atomic E-state index is 0.755. The zero-order valence-electron chi connectivity index (χ0n) is 11.7. The highest BCUT2D eigenvalue weighted by molar-refractivity contribution is 5.04. The molecule has 1 aliphatic carbocycles. The molecule has 18 heavy (non-hydrogen) atoms. The van der Waals surface area contributed by atoms with Crippen LogP contribution in [0.25, 0.3) is 0 Å². The molecule has 0 atom stereocenters. The number of hydrogen-bond donors (Lipinski definition) is 1. The van der Waals surface area contributed by atoms with Crippen LogP contribution in [0.15, 0.2) is 0 Å². The second-order valence-electron chi connectivity index (χ2n) is 7.51. The van der Waals surface area contributed by atoms with E-state index in [-0.39, 0.29) is 0 Å². The molecular formula is C15H27N3. The molecule has 0 bridgehead atoms. The average molecular weight is 249 g/mol. The van der Waals surface area contributed by atoms with Gasteiger partial charge in [0, 0.05) is 51.4 Å². The average Bonchev–Trinajstić information content (AvgIpc) is 2.19. The molecule has 3 saturated heterocycles. The summed E-state index contributed by atoms with van der Waals surface area (Å²) < 4.78 is 0. The molecule has 0 unspecified atom stereocenters. The van der Waals surface area contributed by atoms with Gasteiger partial charge in [-0.1, -0.05) is 19.8 Å². The Morgan fingerprint density at radius 3 is 2.17 bits per heavy atom. The van der Waals surface area contributed by atoms with Gasteiger partial charge in [0.25, 0.3) is 0 Å². The summed E-state index contributed by atoms with van der Waals surface area (Å²) >= 11 is 0. The highest BCUT2D eigenvalue weighted by Gasteiger charge is 2.49. The van der Waals surface area contributed by atoms with Gasteiger partial charge in [-0.2, -0.15) is 0 Å². The first-order valence-corrected chi connectivity index (χ1v) is 7.93.